The van der Waals surface area contributed by atoms with Crippen molar-refractivity contribution >= 4 is 28.7 Å². The van der Waals surface area contributed by atoms with E-state index in [2.05, 4.69) is 9.55 Å². The van der Waals surface area contributed by atoms with Gasteiger partial charge in [-0.15, -0.1) is 22.9 Å². The van der Waals surface area contributed by atoms with Gasteiger partial charge >= 0.3 is 0 Å². The maximum absolute atomic E-state index is 12.0. The van der Waals surface area contributed by atoms with Gasteiger partial charge in [-0.05, 0) is 26.8 Å². The van der Waals surface area contributed by atoms with Crippen molar-refractivity contribution in [3.05, 3.63) is 39.6 Å². The monoisotopic (exact) mass is 282 g/mol. The summed E-state index contributed by atoms with van der Waals surface area (Å²) in [7, 11) is 0. The highest BCUT2D eigenvalue weighted by molar-refractivity contribution is 7.09. The molecular weight excluding hydrogens is 268 g/mol. The number of halogens is 1. The molecule has 1 unspecified atom stereocenters. The topological polar surface area (TPSA) is 34.9 Å². The number of nitrogens with zero attached hydrogens (tertiary/aromatic N) is 2. The molecule has 3 nitrogen and oxygen atoms in total. The summed E-state index contributed by atoms with van der Waals surface area (Å²) in [6.45, 7) is 6.43. The molecular formula is C13H15ClN2OS. The lowest BCUT2D eigenvalue weighted by molar-refractivity contribution is 0.0991. The van der Waals surface area contributed by atoms with E-state index in [1.807, 2.05) is 31.6 Å². The van der Waals surface area contributed by atoms with Crippen LogP contribution in [0.15, 0.2) is 17.8 Å². The molecule has 0 aliphatic rings. The fourth-order valence-corrected chi connectivity index (χ4v) is 2.68. The Bertz CT molecular complexity index is 558. The van der Waals surface area contributed by atoms with Crippen molar-refractivity contribution in [3.63, 3.8) is 0 Å². The summed E-state index contributed by atoms with van der Waals surface area (Å²) < 4.78 is 2.13. The van der Waals surface area contributed by atoms with Crippen molar-refractivity contribution in [1.82, 2.24) is 9.55 Å². The Hall–Kier alpha value is -1.13. The van der Waals surface area contributed by atoms with E-state index >= 15 is 0 Å². The number of ketones is 1. The Balaban J connectivity index is 2.35. The quantitative estimate of drug-likeness (QED) is 0.636. The van der Waals surface area contributed by atoms with Crippen molar-refractivity contribution in [2.75, 3.05) is 0 Å². The van der Waals surface area contributed by atoms with Gasteiger partial charge in [0.1, 0.15) is 0 Å². The molecule has 2 aromatic heterocycles. The highest BCUT2D eigenvalue weighted by Crippen LogP contribution is 2.20. The molecule has 2 heterocycles. The lowest BCUT2D eigenvalue weighted by atomic mass is 10.1. The number of carbonyl (C=O) groups is 1. The number of Topliss-reactive ketones (excluding diaryl/α,β-unsaturated/α-hetero) is 1. The number of hydrogen-bond acceptors (Lipinski definition) is 3. The van der Waals surface area contributed by atoms with Gasteiger partial charge in [-0.2, -0.15) is 0 Å². The van der Waals surface area contributed by atoms with Crippen LogP contribution in [-0.2, 0) is 6.54 Å². The smallest absolute Gasteiger partial charge is 0.182 e. The largest absolute Gasteiger partial charge is 0.343 e. The summed E-state index contributed by atoms with van der Waals surface area (Å²) in [5, 5.41) is -0.484. The molecule has 0 saturated heterocycles. The molecule has 0 N–H and O–H groups in total. The molecule has 0 aromatic carbocycles. The molecule has 0 saturated carbocycles. The van der Waals surface area contributed by atoms with Crippen LogP contribution in [0.3, 0.4) is 0 Å². The predicted molar refractivity (Wildman–Crippen MR) is 74.8 cm³/mol. The number of aromatic nitrogens is 2. The molecule has 5 heteroatoms. The molecule has 0 aliphatic carbocycles. The lowest BCUT2D eigenvalue weighted by Crippen LogP contribution is -2.12. The van der Waals surface area contributed by atoms with E-state index < -0.39 is 5.38 Å². The number of thiazole rings is 1. The van der Waals surface area contributed by atoms with Gasteiger partial charge in [0.2, 0.25) is 0 Å². The third-order valence-electron chi connectivity index (χ3n) is 3.00. The molecule has 1 atom stereocenters. The predicted octanol–water partition coefficient (Wildman–Crippen LogP) is 3.42. The zero-order valence-corrected chi connectivity index (χ0v) is 12.2. The third kappa shape index (κ3) is 2.49. The Morgan fingerprint density at radius 3 is 2.83 bits per heavy atom. The second-order valence-corrected chi connectivity index (χ2v) is 5.94. The molecule has 2 aromatic rings. The Kier molecular flexibility index (Phi) is 3.88. The zero-order valence-electron chi connectivity index (χ0n) is 10.6. The number of carbonyl (C=O) groups excluding carboxylic acids is 1. The van der Waals surface area contributed by atoms with Crippen LogP contribution in [-0.4, -0.2) is 20.7 Å². The summed E-state index contributed by atoms with van der Waals surface area (Å²) >= 11 is 7.49. The van der Waals surface area contributed by atoms with Gasteiger partial charge in [0.25, 0.3) is 0 Å². The van der Waals surface area contributed by atoms with Crippen molar-refractivity contribution in [3.8, 4) is 0 Å². The minimum atomic E-state index is -0.484. The number of aryl methyl sites for hydroxylation is 1. The van der Waals surface area contributed by atoms with E-state index in [-0.39, 0.29) is 5.78 Å². The minimum absolute atomic E-state index is 0.0136. The van der Waals surface area contributed by atoms with Gasteiger partial charge < -0.3 is 4.57 Å². The van der Waals surface area contributed by atoms with Crippen LogP contribution in [0.2, 0.25) is 0 Å². The molecule has 96 valence electrons. The van der Waals surface area contributed by atoms with E-state index in [4.69, 9.17) is 11.6 Å². The van der Waals surface area contributed by atoms with Crippen LogP contribution in [0.25, 0.3) is 0 Å². The summed E-state index contributed by atoms with van der Waals surface area (Å²) in [6.07, 6.45) is 1.86. The first-order valence-corrected chi connectivity index (χ1v) is 7.04. The van der Waals surface area contributed by atoms with Crippen molar-refractivity contribution in [2.24, 2.45) is 0 Å². The summed E-state index contributed by atoms with van der Waals surface area (Å²) in [5.41, 5.74) is 4.58. The maximum atomic E-state index is 12.0. The highest BCUT2D eigenvalue weighted by Gasteiger charge is 2.19. The summed E-state index contributed by atoms with van der Waals surface area (Å²) in [6, 6.07) is 1.91. The SMILES string of the molecule is Cc1cc(C(=O)C(C)Cl)c(C)n1Cc1cncs1. The minimum Gasteiger partial charge on any atom is -0.343 e. The van der Waals surface area contributed by atoms with Crippen LogP contribution >= 0.6 is 22.9 Å². The van der Waals surface area contributed by atoms with Gasteiger partial charge in [-0.3, -0.25) is 9.78 Å². The van der Waals surface area contributed by atoms with Crippen LogP contribution in [0.4, 0.5) is 0 Å². The zero-order chi connectivity index (χ0) is 13.3. The average molecular weight is 283 g/mol. The highest BCUT2D eigenvalue weighted by atomic mass is 35.5. The van der Waals surface area contributed by atoms with Gasteiger partial charge in [-0.25, -0.2) is 0 Å². The molecule has 0 bridgehead atoms. The maximum Gasteiger partial charge on any atom is 0.182 e. The van der Waals surface area contributed by atoms with E-state index in [0.29, 0.717) is 0 Å². The fraction of sp³-hybridized carbons (Fsp3) is 0.385. The third-order valence-corrected chi connectivity index (χ3v) is 3.96. The van der Waals surface area contributed by atoms with Gasteiger partial charge in [0.05, 0.1) is 17.4 Å². The Labute approximate surface area is 115 Å². The van der Waals surface area contributed by atoms with E-state index in [1.54, 1.807) is 18.3 Å². The first kappa shape index (κ1) is 13.3. The van der Waals surface area contributed by atoms with Gasteiger partial charge in [0.15, 0.2) is 5.78 Å². The summed E-state index contributed by atoms with van der Waals surface area (Å²) in [4.78, 5) is 17.2. The number of rotatable bonds is 4. The lowest BCUT2D eigenvalue weighted by Gasteiger charge is -2.08. The molecule has 0 amide bonds. The van der Waals surface area contributed by atoms with E-state index in [9.17, 15) is 4.79 Å². The summed E-state index contributed by atoms with van der Waals surface area (Å²) in [5.74, 6) is -0.0136. The van der Waals surface area contributed by atoms with Gasteiger partial charge in [0, 0.05) is 28.0 Å². The van der Waals surface area contributed by atoms with Crippen molar-refractivity contribution < 1.29 is 4.79 Å². The van der Waals surface area contributed by atoms with Crippen molar-refractivity contribution in [1.29, 1.82) is 0 Å². The molecule has 18 heavy (non-hydrogen) atoms. The second kappa shape index (κ2) is 5.24. The fourth-order valence-electron chi connectivity index (χ4n) is 1.98. The van der Waals surface area contributed by atoms with E-state index in [1.165, 1.54) is 4.88 Å². The molecule has 0 fully saturated rings. The van der Waals surface area contributed by atoms with E-state index in [0.717, 1.165) is 23.5 Å². The molecule has 0 radical (unpaired) electrons. The molecule has 0 spiro atoms. The van der Waals surface area contributed by atoms with Crippen LogP contribution in [0, 0.1) is 13.8 Å². The standard InChI is InChI=1S/C13H15ClN2OS/c1-8-4-12(13(17)9(2)14)10(3)16(8)6-11-5-15-7-18-11/h4-5,7,9H,6H2,1-3H3. The molecule has 0 aliphatic heterocycles. The number of alkyl halides is 1. The van der Waals surface area contributed by atoms with Crippen molar-refractivity contribution in [2.45, 2.75) is 32.7 Å². The number of hydrogen-bond donors (Lipinski definition) is 0. The van der Waals surface area contributed by atoms with Crippen LogP contribution < -0.4 is 0 Å². The van der Waals surface area contributed by atoms with Crippen LogP contribution in [0.1, 0.15) is 33.5 Å². The average Bonchev–Trinajstić information content (AvgIpc) is 2.91. The Morgan fingerprint density at radius 2 is 2.28 bits per heavy atom. The van der Waals surface area contributed by atoms with Crippen LogP contribution in [0.5, 0.6) is 0 Å². The second-order valence-electron chi connectivity index (χ2n) is 4.32. The first-order valence-electron chi connectivity index (χ1n) is 5.73. The van der Waals surface area contributed by atoms with Gasteiger partial charge in [-0.1, -0.05) is 0 Å². The first-order chi connectivity index (χ1) is 8.50. The molecule has 2 rings (SSSR count). The Morgan fingerprint density at radius 1 is 1.56 bits per heavy atom. The normalized spacial score (nSPS) is 12.7.